The van der Waals surface area contributed by atoms with Gasteiger partial charge in [0.1, 0.15) is 12.0 Å². The normalized spacial score (nSPS) is 12.2. The zero-order chi connectivity index (χ0) is 23.5. The lowest BCUT2D eigenvalue weighted by molar-refractivity contribution is 0.106. The molecule has 0 aliphatic carbocycles. The molecule has 0 radical (unpaired) electrons. The number of fused-ring (bicyclic) bond motifs is 3. The highest BCUT2D eigenvalue weighted by Crippen LogP contribution is 2.27. The maximum atomic E-state index is 5.89. The Hall–Kier alpha value is -2.67. The maximum Gasteiger partial charge on any atom is 0.129 e. The van der Waals surface area contributed by atoms with Crippen LogP contribution in [0.2, 0.25) is 0 Å². The van der Waals surface area contributed by atoms with Crippen molar-refractivity contribution >= 4 is 27.2 Å². The van der Waals surface area contributed by atoms with Gasteiger partial charge in [0.25, 0.3) is 0 Å². The summed E-state index contributed by atoms with van der Waals surface area (Å²) in [5.74, 6) is 0. The number of anilines is 1. The molecule has 1 N–H and O–H groups in total. The third-order valence-electron chi connectivity index (χ3n) is 6.13. The first-order valence-electron chi connectivity index (χ1n) is 12.1. The lowest BCUT2D eigenvalue weighted by Crippen LogP contribution is -2.27. The van der Waals surface area contributed by atoms with Crippen molar-refractivity contribution in [3.05, 3.63) is 60.0 Å². The molecule has 0 atom stereocenters. The van der Waals surface area contributed by atoms with E-state index in [0.29, 0.717) is 13.2 Å². The predicted octanol–water partition coefficient (Wildman–Crippen LogP) is 4.85. The Bertz CT molecular complexity index is 1080. The highest BCUT2D eigenvalue weighted by molar-refractivity contribution is 6.09. The van der Waals surface area contributed by atoms with E-state index in [1.165, 1.54) is 0 Å². The van der Waals surface area contributed by atoms with Crippen molar-refractivity contribution in [2.24, 2.45) is 5.16 Å². The van der Waals surface area contributed by atoms with Crippen molar-refractivity contribution in [1.29, 1.82) is 0 Å². The standard InChI is InChI=1S/C27H38N4O2/c1-5-30(6-2)17-19-32-28-26-21-27(29-33-20-18-31(7-3)8-4)25-16-12-10-14-23(25)22-13-9-11-15-24(22)26/h9-16,21,28H,5-8,17-20H2,1-4H3. The first kappa shape index (κ1) is 25.0. The molecule has 0 bridgehead atoms. The SMILES string of the molecule is CCN(CC)CCON=c1cc(NOCCN(CC)CC)c2ccccc2c2ccccc12. The molecule has 0 heterocycles. The van der Waals surface area contributed by atoms with Gasteiger partial charge in [-0.15, -0.1) is 0 Å². The number of rotatable bonds is 13. The van der Waals surface area contributed by atoms with Gasteiger partial charge in [0.2, 0.25) is 0 Å². The van der Waals surface area contributed by atoms with E-state index in [4.69, 9.17) is 9.68 Å². The summed E-state index contributed by atoms with van der Waals surface area (Å²) >= 11 is 0. The highest BCUT2D eigenvalue weighted by atomic mass is 16.6. The number of hydrogen-bond acceptors (Lipinski definition) is 6. The second kappa shape index (κ2) is 13.1. The Balaban J connectivity index is 1.96. The molecule has 0 unspecified atom stereocenters. The van der Waals surface area contributed by atoms with Crippen molar-refractivity contribution in [3.63, 3.8) is 0 Å². The summed E-state index contributed by atoms with van der Waals surface area (Å²) in [7, 11) is 0. The van der Waals surface area contributed by atoms with Gasteiger partial charge in [-0.1, -0.05) is 81.4 Å². The van der Waals surface area contributed by atoms with Crippen LogP contribution in [0.5, 0.6) is 0 Å². The Morgan fingerprint density at radius 1 is 0.697 bits per heavy atom. The molecule has 178 valence electrons. The van der Waals surface area contributed by atoms with E-state index < -0.39 is 0 Å². The Morgan fingerprint density at radius 2 is 1.21 bits per heavy atom. The largest absolute Gasteiger partial charge is 0.394 e. The average Bonchev–Trinajstić information content (AvgIpc) is 2.99. The monoisotopic (exact) mass is 450 g/mol. The zero-order valence-corrected chi connectivity index (χ0v) is 20.5. The first-order valence-corrected chi connectivity index (χ1v) is 12.1. The van der Waals surface area contributed by atoms with Crippen LogP contribution in [0.3, 0.4) is 0 Å². The molecule has 0 amide bonds. The minimum absolute atomic E-state index is 0.553. The molecule has 0 aromatic heterocycles. The van der Waals surface area contributed by atoms with Gasteiger partial charge in [0, 0.05) is 23.9 Å². The van der Waals surface area contributed by atoms with Crippen molar-refractivity contribution < 1.29 is 9.68 Å². The lowest BCUT2D eigenvalue weighted by Gasteiger charge is -2.17. The smallest absolute Gasteiger partial charge is 0.129 e. The molecule has 33 heavy (non-hydrogen) atoms. The number of likely N-dealkylation sites (N-methyl/N-ethyl adjacent to an activating group) is 2. The molecule has 6 nitrogen and oxygen atoms in total. The average molecular weight is 451 g/mol. The van der Waals surface area contributed by atoms with Gasteiger partial charge >= 0.3 is 0 Å². The summed E-state index contributed by atoms with van der Waals surface area (Å²) in [6, 6.07) is 18.7. The number of nitrogens with one attached hydrogen (secondary N) is 1. The van der Waals surface area contributed by atoms with Gasteiger partial charge in [0.05, 0.1) is 12.3 Å². The summed E-state index contributed by atoms with van der Waals surface area (Å²) in [6.07, 6.45) is 0. The highest BCUT2D eigenvalue weighted by Gasteiger charge is 2.07. The number of hydrogen-bond donors (Lipinski definition) is 1. The van der Waals surface area contributed by atoms with Gasteiger partial charge in [-0.25, -0.2) is 0 Å². The molecule has 0 aliphatic rings. The topological polar surface area (TPSA) is 49.3 Å². The Morgan fingerprint density at radius 3 is 1.82 bits per heavy atom. The Kier molecular flexibility index (Phi) is 9.94. The van der Waals surface area contributed by atoms with Gasteiger partial charge in [-0.3, -0.25) is 10.3 Å². The molecule has 6 heteroatoms. The van der Waals surface area contributed by atoms with Gasteiger partial charge < -0.3 is 14.6 Å². The van der Waals surface area contributed by atoms with Crippen LogP contribution < -0.4 is 10.8 Å². The van der Waals surface area contributed by atoms with E-state index in [0.717, 1.165) is 71.9 Å². The van der Waals surface area contributed by atoms with Crippen LogP contribution >= 0.6 is 0 Å². The van der Waals surface area contributed by atoms with Crippen molar-refractivity contribution in [1.82, 2.24) is 9.80 Å². The molecular formula is C27H38N4O2. The number of nitrogens with zero attached hydrogens (tertiary/aromatic N) is 3. The fraction of sp³-hybridized carbons (Fsp3) is 0.444. The second-order valence-corrected chi connectivity index (χ2v) is 7.96. The minimum atomic E-state index is 0.553. The van der Waals surface area contributed by atoms with E-state index in [1.54, 1.807) is 0 Å². The molecule has 3 aromatic carbocycles. The van der Waals surface area contributed by atoms with Crippen molar-refractivity contribution in [2.45, 2.75) is 27.7 Å². The molecule has 0 aliphatic heterocycles. The Labute approximate surface area is 197 Å². The maximum absolute atomic E-state index is 5.89. The van der Waals surface area contributed by atoms with Gasteiger partial charge in [0.15, 0.2) is 0 Å². The molecule has 0 saturated carbocycles. The van der Waals surface area contributed by atoms with Gasteiger partial charge in [-0.2, -0.15) is 0 Å². The third kappa shape index (κ3) is 6.67. The molecule has 3 aromatic rings. The molecule has 0 fully saturated rings. The van der Waals surface area contributed by atoms with Crippen LogP contribution in [-0.4, -0.2) is 62.3 Å². The van der Waals surface area contributed by atoms with E-state index in [9.17, 15) is 0 Å². The van der Waals surface area contributed by atoms with Crippen LogP contribution in [-0.2, 0) is 9.68 Å². The zero-order valence-electron chi connectivity index (χ0n) is 20.5. The molecule has 0 spiro atoms. The van der Waals surface area contributed by atoms with Crippen LogP contribution in [0.4, 0.5) is 5.69 Å². The summed E-state index contributed by atoms with van der Waals surface area (Å²) in [5.41, 5.74) is 4.08. The fourth-order valence-corrected chi connectivity index (χ4v) is 4.01. The summed E-state index contributed by atoms with van der Waals surface area (Å²) in [6.45, 7) is 15.6. The van der Waals surface area contributed by atoms with E-state index >= 15 is 0 Å². The second-order valence-electron chi connectivity index (χ2n) is 7.96. The number of benzene rings is 2. The lowest BCUT2D eigenvalue weighted by atomic mass is 10.1. The van der Waals surface area contributed by atoms with Crippen LogP contribution in [0, 0.1) is 0 Å². The predicted molar refractivity (Wildman–Crippen MR) is 138 cm³/mol. The third-order valence-corrected chi connectivity index (χ3v) is 6.13. The van der Waals surface area contributed by atoms with Crippen LogP contribution in [0.1, 0.15) is 27.7 Å². The van der Waals surface area contributed by atoms with E-state index in [-0.39, 0.29) is 0 Å². The summed E-state index contributed by atoms with van der Waals surface area (Å²) < 4.78 is 0. The summed E-state index contributed by atoms with van der Waals surface area (Å²) in [5, 5.41) is 9.75. The van der Waals surface area contributed by atoms with E-state index in [2.05, 4.69) is 90.6 Å². The molecular weight excluding hydrogens is 412 g/mol. The van der Waals surface area contributed by atoms with E-state index in [1.807, 2.05) is 12.1 Å². The first-order chi connectivity index (χ1) is 16.2. The minimum Gasteiger partial charge on any atom is -0.394 e. The summed E-state index contributed by atoms with van der Waals surface area (Å²) in [4.78, 5) is 16.3. The quantitative estimate of drug-likeness (QED) is 0.298. The van der Waals surface area contributed by atoms with Crippen LogP contribution in [0.15, 0.2) is 59.8 Å². The molecule has 3 rings (SSSR count). The van der Waals surface area contributed by atoms with Crippen molar-refractivity contribution in [2.75, 3.05) is 58.0 Å². The van der Waals surface area contributed by atoms with Crippen LogP contribution in [0.25, 0.3) is 21.5 Å². The van der Waals surface area contributed by atoms with Gasteiger partial charge in [-0.05, 0) is 43.0 Å². The van der Waals surface area contributed by atoms with Crippen molar-refractivity contribution in [3.8, 4) is 0 Å². The fourth-order valence-electron chi connectivity index (χ4n) is 4.01. The molecule has 0 saturated heterocycles.